The van der Waals surface area contributed by atoms with Crippen molar-refractivity contribution in [3.63, 3.8) is 0 Å². The smallest absolute Gasteiger partial charge is 0.258 e. The number of carbonyl (C=O) groups is 1. The Bertz CT molecular complexity index is 770. The third-order valence-electron chi connectivity index (χ3n) is 2.83. The molecule has 2 heterocycles. The van der Waals surface area contributed by atoms with E-state index in [4.69, 9.17) is 9.15 Å². The quantitative estimate of drug-likeness (QED) is 0.729. The number of rotatable bonds is 5. The molecule has 0 unspecified atom stereocenters. The van der Waals surface area contributed by atoms with Crippen LogP contribution in [0.2, 0.25) is 0 Å². The first-order chi connectivity index (χ1) is 10.7. The van der Waals surface area contributed by atoms with Gasteiger partial charge in [0.25, 0.3) is 5.22 Å². The van der Waals surface area contributed by atoms with Crippen LogP contribution >= 0.6 is 11.8 Å². The molecule has 112 valence electrons. The molecule has 3 aromatic rings. The lowest BCUT2D eigenvalue weighted by Crippen LogP contribution is -2.13. The van der Waals surface area contributed by atoms with Crippen LogP contribution in [0.5, 0.6) is 5.75 Å². The molecule has 0 saturated heterocycles. The minimum absolute atomic E-state index is 0.145. The van der Waals surface area contributed by atoms with Crippen molar-refractivity contribution in [3.8, 4) is 5.75 Å². The van der Waals surface area contributed by atoms with E-state index in [1.807, 2.05) is 12.1 Å². The number of carbonyl (C=O) groups excluding carboxylic acids is 1. The van der Waals surface area contributed by atoms with Crippen LogP contribution in [0.25, 0.3) is 11.2 Å². The standard InChI is InChI=1S/C15H13N3O3S/c1-20-11-5-2-4-10(8-11)17-13(19)9-22-15-18-14-12(21-15)6-3-7-16-14/h2-8H,9H2,1H3,(H,17,19). The topological polar surface area (TPSA) is 77.2 Å². The predicted molar refractivity (Wildman–Crippen MR) is 84.2 cm³/mol. The summed E-state index contributed by atoms with van der Waals surface area (Å²) < 4.78 is 10.6. The number of ether oxygens (including phenoxy) is 1. The Balaban J connectivity index is 1.59. The lowest BCUT2D eigenvalue weighted by atomic mass is 10.3. The Labute approximate surface area is 130 Å². The summed E-state index contributed by atoms with van der Waals surface area (Å²) in [5.41, 5.74) is 1.83. The van der Waals surface area contributed by atoms with E-state index >= 15 is 0 Å². The second kappa shape index (κ2) is 6.48. The Morgan fingerprint density at radius 2 is 2.27 bits per heavy atom. The van der Waals surface area contributed by atoms with Gasteiger partial charge in [0.05, 0.1) is 12.9 Å². The minimum Gasteiger partial charge on any atom is -0.497 e. The molecule has 3 rings (SSSR count). The zero-order valence-electron chi connectivity index (χ0n) is 11.8. The van der Waals surface area contributed by atoms with Crippen LogP contribution in [0.15, 0.2) is 52.2 Å². The lowest BCUT2D eigenvalue weighted by molar-refractivity contribution is -0.113. The van der Waals surface area contributed by atoms with Crippen LogP contribution in [0.1, 0.15) is 0 Å². The van der Waals surface area contributed by atoms with Gasteiger partial charge in [-0.1, -0.05) is 17.8 Å². The van der Waals surface area contributed by atoms with Gasteiger partial charge in [0.1, 0.15) is 5.75 Å². The number of hydrogen-bond donors (Lipinski definition) is 1. The number of nitrogens with zero attached hydrogens (tertiary/aromatic N) is 2. The van der Waals surface area contributed by atoms with Crippen LogP contribution in [-0.4, -0.2) is 28.7 Å². The van der Waals surface area contributed by atoms with Gasteiger partial charge < -0.3 is 14.5 Å². The van der Waals surface area contributed by atoms with E-state index in [2.05, 4.69) is 15.3 Å². The van der Waals surface area contributed by atoms with E-state index in [-0.39, 0.29) is 11.7 Å². The Morgan fingerprint density at radius 3 is 3.09 bits per heavy atom. The number of fused-ring (bicyclic) bond motifs is 1. The average Bonchev–Trinajstić information content (AvgIpc) is 2.96. The first kappa shape index (κ1) is 14.4. The highest BCUT2D eigenvalue weighted by Crippen LogP contribution is 2.22. The van der Waals surface area contributed by atoms with E-state index in [0.717, 1.165) is 0 Å². The molecule has 6 nitrogen and oxygen atoms in total. The molecule has 7 heteroatoms. The third-order valence-corrected chi connectivity index (χ3v) is 3.65. The van der Waals surface area contributed by atoms with Crippen molar-refractivity contribution in [1.82, 2.24) is 9.97 Å². The molecule has 0 aliphatic carbocycles. The van der Waals surface area contributed by atoms with Crippen LogP contribution in [0.4, 0.5) is 5.69 Å². The minimum atomic E-state index is -0.145. The molecule has 0 aliphatic rings. The fourth-order valence-electron chi connectivity index (χ4n) is 1.84. The summed E-state index contributed by atoms with van der Waals surface area (Å²) in [6.45, 7) is 0. The molecule has 0 aliphatic heterocycles. The second-order valence-electron chi connectivity index (χ2n) is 4.37. The molecule has 0 spiro atoms. The molecule has 2 aromatic heterocycles. The fourth-order valence-corrected chi connectivity index (χ4v) is 2.46. The summed E-state index contributed by atoms with van der Waals surface area (Å²) >= 11 is 1.22. The average molecular weight is 315 g/mol. The number of amides is 1. The molecule has 1 N–H and O–H groups in total. The molecular formula is C15H13N3O3S. The Morgan fingerprint density at radius 1 is 1.36 bits per heavy atom. The van der Waals surface area contributed by atoms with Crippen molar-refractivity contribution < 1.29 is 13.9 Å². The van der Waals surface area contributed by atoms with Gasteiger partial charge in [0, 0.05) is 18.0 Å². The van der Waals surface area contributed by atoms with Crippen molar-refractivity contribution in [2.24, 2.45) is 0 Å². The van der Waals surface area contributed by atoms with E-state index in [0.29, 0.717) is 27.9 Å². The Hall–Kier alpha value is -2.54. The molecule has 0 bridgehead atoms. The summed E-state index contributed by atoms with van der Waals surface area (Å²) in [7, 11) is 1.58. The number of thioether (sulfide) groups is 1. The molecular weight excluding hydrogens is 302 g/mol. The van der Waals surface area contributed by atoms with Crippen LogP contribution in [0, 0.1) is 0 Å². The molecule has 0 radical (unpaired) electrons. The van der Waals surface area contributed by atoms with Gasteiger partial charge in [-0.05, 0) is 24.3 Å². The highest BCUT2D eigenvalue weighted by atomic mass is 32.2. The molecule has 0 saturated carbocycles. The molecule has 0 atom stereocenters. The van der Waals surface area contributed by atoms with Gasteiger partial charge in [0.2, 0.25) is 5.91 Å². The number of methoxy groups -OCH3 is 1. The highest BCUT2D eigenvalue weighted by Gasteiger charge is 2.10. The van der Waals surface area contributed by atoms with Crippen molar-refractivity contribution in [2.45, 2.75) is 5.22 Å². The highest BCUT2D eigenvalue weighted by molar-refractivity contribution is 7.99. The summed E-state index contributed by atoms with van der Waals surface area (Å²) in [6, 6.07) is 10.7. The molecule has 0 fully saturated rings. The number of oxazole rings is 1. The largest absolute Gasteiger partial charge is 0.497 e. The van der Waals surface area contributed by atoms with Gasteiger partial charge >= 0.3 is 0 Å². The number of benzene rings is 1. The van der Waals surface area contributed by atoms with E-state index < -0.39 is 0 Å². The summed E-state index contributed by atoms with van der Waals surface area (Å²) in [6.07, 6.45) is 1.65. The summed E-state index contributed by atoms with van der Waals surface area (Å²) in [5, 5.41) is 3.22. The predicted octanol–water partition coefficient (Wildman–Crippen LogP) is 2.96. The number of pyridine rings is 1. The van der Waals surface area contributed by atoms with Gasteiger partial charge in [-0.2, -0.15) is 4.98 Å². The number of anilines is 1. The summed E-state index contributed by atoms with van der Waals surface area (Å²) in [5.74, 6) is 0.744. The monoisotopic (exact) mass is 315 g/mol. The third kappa shape index (κ3) is 3.37. The molecule has 22 heavy (non-hydrogen) atoms. The maximum atomic E-state index is 11.9. The van der Waals surface area contributed by atoms with Crippen LogP contribution in [0.3, 0.4) is 0 Å². The maximum Gasteiger partial charge on any atom is 0.258 e. The fraction of sp³-hybridized carbons (Fsp3) is 0.133. The maximum absolute atomic E-state index is 11.9. The SMILES string of the molecule is COc1cccc(NC(=O)CSc2nc3ncccc3o2)c1. The van der Waals surface area contributed by atoms with Gasteiger partial charge in [-0.25, -0.2) is 4.98 Å². The van der Waals surface area contributed by atoms with E-state index in [9.17, 15) is 4.79 Å². The zero-order valence-corrected chi connectivity index (χ0v) is 12.6. The lowest BCUT2D eigenvalue weighted by Gasteiger charge is -2.05. The Kier molecular flexibility index (Phi) is 4.24. The zero-order chi connectivity index (χ0) is 15.4. The normalized spacial score (nSPS) is 10.6. The van der Waals surface area contributed by atoms with Crippen molar-refractivity contribution >= 4 is 34.6 Å². The van der Waals surface area contributed by atoms with Crippen LogP contribution in [-0.2, 0) is 4.79 Å². The molecule has 1 amide bonds. The second-order valence-corrected chi connectivity index (χ2v) is 5.30. The number of nitrogens with one attached hydrogen (secondary N) is 1. The van der Waals surface area contributed by atoms with Gasteiger partial charge in [0.15, 0.2) is 11.2 Å². The number of aromatic nitrogens is 2. The van der Waals surface area contributed by atoms with Crippen molar-refractivity contribution in [1.29, 1.82) is 0 Å². The van der Waals surface area contributed by atoms with Gasteiger partial charge in [-0.15, -0.1) is 0 Å². The van der Waals surface area contributed by atoms with Crippen molar-refractivity contribution in [2.75, 3.05) is 18.2 Å². The first-order valence-corrected chi connectivity index (χ1v) is 7.51. The van der Waals surface area contributed by atoms with E-state index in [1.165, 1.54) is 11.8 Å². The van der Waals surface area contributed by atoms with Crippen molar-refractivity contribution in [3.05, 3.63) is 42.6 Å². The van der Waals surface area contributed by atoms with Crippen LogP contribution < -0.4 is 10.1 Å². The molecule has 1 aromatic carbocycles. The number of hydrogen-bond acceptors (Lipinski definition) is 6. The summed E-state index contributed by atoms with van der Waals surface area (Å²) in [4.78, 5) is 20.2. The first-order valence-electron chi connectivity index (χ1n) is 6.53. The van der Waals surface area contributed by atoms with E-state index in [1.54, 1.807) is 37.6 Å². The van der Waals surface area contributed by atoms with Gasteiger partial charge in [-0.3, -0.25) is 4.79 Å².